The Morgan fingerprint density at radius 2 is 2.07 bits per heavy atom. The molecule has 2 aromatic rings. The molecule has 1 aromatic heterocycles. The van der Waals surface area contributed by atoms with Crippen LogP contribution < -0.4 is 11.1 Å². The molecule has 1 saturated carbocycles. The van der Waals surface area contributed by atoms with Gasteiger partial charge in [-0.1, -0.05) is 43.4 Å². The van der Waals surface area contributed by atoms with E-state index >= 15 is 0 Å². The Bertz CT molecular complexity index is 968. The molecule has 1 amide bonds. The van der Waals surface area contributed by atoms with Crippen molar-refractivity contribution in [3.05, 3.63) is 41.0 Å². The standard InChI is InChI=1S/C20H27ClN4O3S/c1-29(27,28)18-7-6-15(13-17(18)21)16(12-14-4-2-3-5-14)20(26)23-19-8-10-25(24-19)11-9-22/h6-8,10,13-14,16H,2-5,9,11-12,22H2,1H3,(H,23,24,26)/t16-/m1/s1. The van der Waals surface area contributed by atoms with Crippen LogP contribution in [0.4, 0.5) is 5.82 Å². The number of carbonyl (C=O) groups is 1. The zero-order chi connectivity index (χ0) is 21.0. The third-order valence-corrected chi connectivity index (χ3v) is 6.95. The monoisotopic (exact) mass is 438 g/mol. The van der Waals surface area contributed by atoms with Crippen LogP contribution in [0, 0.1) is 5.92 Å². The van der Waals surface area contributed by atoms with E-state index in [4.69, 9.17) is 17.3 Å². The van der Waals surface area contributed by atoms with Crippen LogP contribution >= 0.6 is 11.6 Å². The van der Waals surface area contributed by atoms with Crippen LogP contribution in [0.25, 0.3) is 0 Å². The number of anilines is 1. The fourth-order valence-corrected chi connectivity index (χ4v) is 5.24. The van der Waals surface area contributed by atoms with Crippen LogP contribution in [0.5, 0.6) is 0 Å². The van der Waals surface area contributed by atoms with Gasteiger partial charge in [0.1, 0.15) is 0 Å². The molecule has 0 bridgehead atoms. The largest absolute Gasteiger partial charge is 0.329 e. The molecule has 0 aliphatic heterocycles. The lowest BCUT2D eigenvalue weighted by atomic mass is 9.87. The first-order chi connectivity index (χ1) is 13.8. The molecule has 1 heterocycles. The number of rotatable bonds is 8. The number of nitrogens with two attached hydrogens (primary N) is 1. The Hall–Kier alpha value is -1.90. The van der Waals surface area contributed by atoms with E-state index in [0.29, 0.717) is 36.8 Å². The molecule has 1 aliphatic rings. The summed E-state index contributed by atoms with van der Waals surface area (Å²) in [6.07, 6.45) is 8.14. The van der Waals surface area contributed by atoms with Crippen molar-refractivity contribution in [2.75, 3.05) is 18.1 Å². The summed E-state index contributed by atoms with van der Waals surface area (Å²) < 4.78 is 25.4. The topological polar surface area (TPSA) is 107 Å². The van der Waals surface area contributed by atoms with Crippen molar-refractivity contribution in [3.63, 3.8) is 0 Å². The van der Waals surface area contributed by atoms with Crippen molar-refractivity contribution in [2.24, 2.45) is 11.7 Å². The summed E-state index contributed by atoms with van der Waals surface area (Å²) >= 11 is 6.24. The van der Waals surface area contributed by atoms with Crippen LogP contribution in [0.15, 0.2) is 35.4 Å². The van der Waals surface area contributed by atoms with Gasteiger partial charge in [0.05, 0.1) is 22.4 Å². The normalized spacial score (nSPS) is 16.1. The smallest absolute Gasteiger partial charge is 0.233 e. The fraction of sp³-hybridized carbons (Fsp3) is 0.500. The lowest BCUT2D eigenvalue weighted by Gasteiger charge is -2.21. The van der Waals surface area contributed by atoms with E-state index in [0.717, 1.165) is 19.1 Å². The SMILES string of the molecule is CS(=O)(=O)c1ccc([C@@H](CC2CCCC2)C(=O)Nc2ccn(CCN)n2)cc1Cl. The highest BCUT2D eigenvalue weighted by Gasteiger charge is 2.28. The Labute approximate surface area is 176 Å². The van der Waals surface area contributed by atoms with Crippen molar-refractivity contribution in [1.82, 2.24) is 9.78 Å². The Kier molecular flexibility index (Phi) is 6.97. The summed E-state index contributed by atoms with van der Waals surface area (Å²) in [6.45, 7) is 1.04. The second-order valence-electron chi connectivity index (χ2n) is 7.64. The van der Waals surface area contributed by atoms with Gasteiger partial charge in [0, 0.05) is 25.1 Å². The third kappa shape index (κ3) is 5.58. The molecule has 1 fully saturated rings. The van der Waals surface area contributed by atoms with Gasteiger partial charge in [-0.3, -0.25) is 9.48 Å². The molecule has 0 radical (unpaired) electrons. The minimum absolute atomic E-state index is 0.0727. The Balaban J connectivity index is 1.85. The van der Waals surface area contributed by atoms with Gasteiger partial charge in [-0.2, -0.15) is 5.10 Å². The molecule has 3 rings (SSSR count). The summed E-state index contributed by atoms with van der Waals surface area (Å²) in [5.74, 6) is 0.342. The van der Waals surface area contributed by atoms with Gasteiger partial charge in [-0.25, -0.2) is 8.42 Å². The average Bonchev–Trinajstić information content (AvgIpc) is 3.31. The predicted molar refractivity (Wildman–Crippen MR) is 114 cm³/mol. The fourth-order valence-electron chi connectivity index (χ4n) is 3.91. The van der Waals surface area contributed by atoms with Gasteiger partial charge in [0.15, 0.2) is 15.7 Å². The van der Waals surface area contributed by atoms with E-state index in [1.165, 1.54) is 18.9 Å². The summed E-state index contributed by atoms with van der Waals surface area (Å²) in [5, 5.41) is 7.34. The van der Waals surface area contributed by atoms with Crippen LogP contribution in [0.3, 0.4) is 0 Å². The summed E-state index contributed by atoms with van der Waals surface area (Å²) in [5.41, 5.74) is 6.26. The molecule has 1 aliphatic carbocycles. The van der Waals surface area contributed by atoms with Crippen LogP contribution in [0.1, 0.15) is 43.6 Å². The van der Waals surface area contributed by atoms with E-state index in [1.54, 1.807) is 29.1 Å². The van der Waals surface area contributed by atoms with Gasteiger partial charge in [-0.15, -0.1) is 0 Å². The minimum Gasteiger partial charge on any atom is -0.329 e. The predicted octanol–water partition coefficient (Wildman–Crippen LogP) is 3.20. The number of amides is 1. The van der Waals surface area contributed by atoms with Gasteiger partial charge < -0.3 is 11.1 Å². The van der Waals surface area contributed by atoms with E-state index < -0.39 is 15.8 Å². The molecule has 0 unspecified atom stereocenters. The zero-order valence-corrected chi connectivity index (χ0v) is 18.0. The number of benzene rings is 1. The number of hydrogen-bond acceptors (Lipinski definition) is 5. The van der Waals surface area contributed by atoms with E-state index in [1.807, 2.05) is 0 Å². The number of aromatic nitrogens is 2. The zero-order valence-electron chi connectivity index (χ0n) is 16.5. The van der Waals surface area contributed by atoms with E-state index in [2.05, 4.69) is 10.4 Å². The first kappa shape index (κ1) is 21.8. The molecule has 1 aromatic carbocycles. The van der Waals surface area contributed by atoms with Crippen molar-refractivity contribution in [3.8, 4) is 0 Å². The van der Waals surface area contributed by atoms with Crippen LogP contribution in [0.2, 0.25) is 5.02 Å². The molecule has 0 spiro atoms. The number of halogens is 1. The third-order valence-electron chi connectivity index (χ3n) is 5.37. The molecule has 0 saturated heterocycles. The molecule has 3 N–H and O–H groups in total. The molecule has 7 nitrogen and oxygen atoms in total. The Morgan fingerprint density at radius 3 is 2.69 bits per heavy atom. The van der Waals surface area contributed by atoms with E-state index in [-0.39, 0.29) is 15.8 Å². The number of sulfone groups is 1. The Morgan fingerprint density at radius 1 is 1.34 bits per heavy atom. The van der Waals surface area contributed by atoms with Crippen molar-refractivity contribution >= 4 is 33.2 Å². The maximum atomic E-state index is 13.1. The maximum absolute atomic E-state index is 13.1. The van der Waals surface area contributed by atoms with Gasteiger partial charge in [0.2, 0.25) is 5.91 Å². The highest BCUT2D eigenvalue weighted by Crippen LogP contribution is 2.36. The van der Waals surface area contributed by atoms with Gasteiger partial charge >= 0.3 is 0 Å². The van der Waals surface area contributed by atoms with Crippen molar-refractivity contribution in [1.29, 1.82) is 0 Å². The summed E-state index contributed by atoms with van der Waals surface area (Å²) in [6, 6.07) is 6.51. The molecule has 29 heavy (non-hydrogen) atoms. The summed E-state index contributed by atoms with van der Waals surface area (Å²) in [7, 11) is -3.43. The second-order valence-corrected chi connectivity index (χ2v) is 10.0. The number of hydrogen-bond donors (Lipinski definition) is 2. The van der Waals surface area contributed by atoms with Gasteiger partial charge in [-0.05, 0) is 30.0 Å². The van der Waals surface area contributed by atoms with Crippen LogP contribution in [-0.4, -0.2) is 36.9 Å². The molecule has 1 atom stereocenters. The number of nitrogens with zero attached hydrogens (tertiary/aromatic N) is 2. The number of nitrogens with one attached hydrogen (secondary N) is 1. The molecular formula is C20H27ClN4O3S. The lowest BCUT2D eigenvalue weighted by Crippen LogP contribution is -2.23. The first-order valence-corrected chi connectivity index (χ1v) is 12.1. The summed E-state index contributed by atoms with van der Waals surface area (Å²) in [4.78, 5) is 13.2. The second kappa shape index (κ2) is 9.28. The van der Waals surface area contributed by atoms with Gasteiger partial charge in [0.25, 0.3) is 0 Å². The highest BCUT2D eigenvalue weighted by atomic mass is 35.5. The molecule has 158 valence electrons. The lowest BCUT2D eigenvalue weighted by molar-refractivity contribution is -0.118. The maximum Gasteiger partial charge on any atom is 0.233 e. The van der Waals surface area contributed by atoms with Crippen molar-refractivity contribution < 1.29 is 13.2 Å². The van der Waals surface area contributed by atoms with Crippen LogP contribution in [-0.2, 0) is 21.2 Å². The first-order valence-electron chi connectivity index (χ1n) is 9.82. The molecule has 9 heteroatoms. The number of carbonyl (C=O) groups excluding carboxylic acids is 1. The minimum atomic E-state index is -3.43. The molecular weight excluding hydrogens is 412 g/mol. The highest BCUT2D eigenvalue weighted by molar-refractivity contribution is 7.90. The van der Waals surface area contributed by atoms with Crippen molar-refractivity contribution in [2.45, 2.75) is 49.5 Å². The average molecular weight is 439 g/mol. The quantitative estimate of drug-likeness (QED) is 0.658. The van der Waals surface area contributed by atoms with E-state index in [9.17, 15) is 13.2 Å².